The van der Waals surface area contributed by atoms with Crippen molar-refractivity contribution < 1.29 is 19.2 Å². The Morgan fingerprint density at radius 2 is 2.03 bits per heavy atom. The number of thiocarbonyl (C=S) groups is 1. The molecular formula is C21H21N3O5S. The molecule has 4 rings (SSSR count). The molecule has 156 valence electrons. The van der Waals surface area contributed by atoms with E-state index in [2.05, 4.69) is 5.32 Å². The van der Waals surface area contributed by atoms with Gasteiger partial charge in [0, 0.05) is 29.3 Å². The molecular weight excluding hydrogens is 406 g/mol. The van der Waals surface area contributed by atoms with E-state index in [9.17, 15) is 14.9 Å². The van der Waals surface area contributed by atoms with Crippen LogP contribution in [0.15, 0.2) is 42.5 Å². The fourth-order valence-corrected chi connectivity index (χ4v) is 4.48. The normalized spacial score (nSPS) is 24.4. The third-order valence-corrected chi connectivity index (χ3v) is 6.06. The number of nitrogens with zero attached hydrogens (tertiary/aromatic N) is 2. The zero-order valence-corrected chi connectivity index (χ0v) is 17.6. The first-order valence-corrected chi connectivity index (χ1v) is 10.0. The van der Waals surface area contributed by atoms with Crippen LogP contribution in [-0.2, 0) is 4.74 Å². The molecule has 0 amide bonds. The molecule has 2 aliphatic heterocycles. The van der Waals surface area contributed by atoms with Gasteiger partial charge < -0.3 is 14.8 Å². The molecule has 0 aromatic heterocycles. The third kappa shape index (κ3) is 3.06. The number of carbonyl (C=O) groups excluding carboxylic acids is 1. The maximum Gasteiger partial charge on any atom is 0.338 e. The summed E-state index contributed by atoms with van der Waals surface area (Å²) in [5.74, 6) is 0.116. The Hall–Kier alpha value is -3.20. The number of hydrogen-bond acceptors (Lipinski definition) is 6. The highest BCUT2D eigenvalue weighted by Gasteiger charge is 2.54. The van der Waals surface area contributed by atoms with E-state index >= 15 is 0 Å². The summed E-state index contributed by atoms with van der Waals surface area (Å²) in [4.78, 5) is 24.6. The minimum atomic E-state index is -0.818. The highest BCUT2D eigenvalue weighted by atomic mass is 32.1. The fraction of sp³-hybridized carbons (Fsp3) is 0.333. The summed E-state index contributed by atoms with van der Waals surface area (Å²) in [6.45, 7) is 6.03. The van der Waals surface area contributed by atoms with Crippen LogP contribution in [-0.4, -0.2) is 28.3 Å². The van der Waals surface area contributed by atoms with Gasteiger partial charge in [-0.15, -0.1) is 0 Å². The highest BCUT2D eigenvalue weighted by Crippen LogP contribution is 2.49. The second-order valence-electron chi connectivity index (χ2n) is 7.45. The molecule has 1 saturated heterocycles. The first-order valence-electron chi connectivity index (χ1n) is 9.61. The van der Waals surface area contributed by atoms with E-state index in [1.165, 1.54) is 12.1 Å². The lowest BCUT2D eigenvalue weighted by Crippen LogP contribution is -2.69. The standard InChI is InChI=1S/C21H21N3O5S/c1-4-28-19(25)13-5-7-14(8-6-13)23-20(30)22-18-12(2)21(23,3)29-17-10-9-15(24(26)27)11-16(17)18/h5-12,18H,4H2,1-3H3,(H,22,30)/t12-,18-,21+/m1/s1. The van der Waals surface area contributed by atoms with Crippen molar-refractivity contribution in [2.45, 2.75) is 32.5 Å². The number of non-ortho nitro benzene ring substituents is 1. The van der Waals surface area contributed by atoms with E-state index in [1.807, 2.05) is 18.7 Å². The smallest absolute Gasteiger partial charge is 0.338 e. The van der Waals surface area contributed by atoms with E-state index in [4.69, 9.17) is 21.7 Å². The van der Waals surface area contributed by atoms with Crippen molar-refractivity contribution in [1.82, 2.24) is 5.32 Å². The van der Waals surface area contributed by atoms with Crippen molar-refractivity contribution in [3.8, 4) is 5.75 Å². The lowest BCUT2D eigenvalue weighted by atomic mass is 9.80. The van der Waals surface area contributed by atoms with E-state index < -0.39 is 10.6 Å². The Balaban J connectivity index is 1.72. The van der Waals surface area contributed by atoms with Gasteiger partial charge in [-0.1, -0.05) is 6.92 Å². The Morgan fingerprint density at radius 1 is 1.33 bits per heavy atom. The minimum Gasteiger partial charge on any atom is -0.467 e. The summed E-state index contributed by atoms with van der Waals surface area (Å²) in [6, 6.07) is 11.4. The Labute approximate surface area is 178 Å². The number of carbonyl (C=O) groups is 1. The second kappa shape index (κ2) is 7.24. The average Bonchev–Trinajstić information content (AvgIpc) is 2.71. The summed E-state index contributed by atoms with van der Waals surface area (Å²) in [7, 11) is 0. The summed E-state index contributed by atoms with van der Waals surface area (Å²) in [5, 5.41) is 15.0. The van der Waals surface area contributed by atoms with Gasteiger partial charge in [0.1, 0.15) is 5.75 Å². The number of hydrogen-bond donors (Lipinski definition) is 1. The molecule has 0 aliphatic carbocycles. The van der Waals surface area contributed by atoms with Gasteiger partial charge in [0.15, 0.2) is 10.8 Å². The largest absolute Gasteiger partial charge is 0.467 e. The molecule has 0 unspecified atom stereocenters. The predicted octanol–water partition coefficient (Wildman–Crippen LogP) is 3.95. The van der Waals surface area contributed by atoms with Crippen molar-refractivity contribution in [3.63, 3.8) is 0 Å². The lowest BCUT2D eigenvalue weighted by Gasteiger charge is -2.56. The quantitative estimate of drug-likeness (QED) is 0.339. The number of nitro groups is 1. The van der Waals surface area contributed by atoms with Gasteiger partial charge in [0.2, 0.25) is 0 Å². The van der Waals surface area contributed by atoms with Crippen molar-refractivity contribution in [3.05, 3.63) is 63.7 Å². The Morgan fingerprint density at radius 3 is 2.67 bits per heavy atom. The van der Waals surface area contributed by atoms with Crippen LogP contribution in [0.25, 0.3) is 0 Å². The fourth-order valence-electron chi connectivity index (χ4n) is 4.07. The first-order chi connectivity index (χ1) is 14.3. The molecule has 9 heteroatoms. The van der Waals surface area contributed by atoms with Crippen LogP contribution in [0.5, 0.6) is 5.75 Å². The monoisotopic (exact) mass is 427 g/mol. The minimum absolute atomic E-state index is 0.0119. The van der Waals surface area contributed by atoms with E-state index in [0.29, 0.717) is 28.6 Å². The van der Waals surface area contributed by atoms with Gasteiger partial charge in [-0.05, 0) is 56.4 Å². The third-order valence-electron chi connectivity index (χ3n) is 5.76. The highest BCUT2D eigenvalue weighted by molar-refractivity contribution is 7.80. The van der Waals surface area contributed by atoms with E-state index in [0.717, 1.165) is 5.69 Å². The topological polar surface area (TPSA) is 93.9 Å². The summed E-state index contributed by atoms with van der Waals surface area (Å²) < 4.78 is 11.4. The number of nitrogens with one attached hydrogen (secondary N) is 1. The molecule has 2 aliphatic rings. The van der Waals surface area contributed by atoms with Crippen LogP contribution < -0.4 is 15.0 Å². The van der Waals surface area contributed by atoms with Crippen molar-refractivity contribution in [1.29, 1.82) is 0 Å². The van der Waals surface area contributed by atoms with Gasteiger partial charge in [-0.25, -0.2) is 4.79 Å². The second-order valence-corrected chi connectivity index (χ2v) is 7.84. The van der Waals surface area contributed by atoms with Gasteiger partial charge in [0.25, 0.3) is 5.69 Å². The average molecular weight is 427 g/mol. The zero-order valence-electron chi connectivity index (χ0n) is 16.7. The molecule has 30 heavy (non-hydrogen) atoms. The molecule has 8 nitrogen and oxygen atoms in total. The lowest BCUT2D eigenvalue weighted by molar-refractivity contribution is -0.385. The van der Waals surface area contributed by atoms with Crippen molar-refractivity contribution >= 4 is 34.7 Å². The molecule has 1 fully saturated rings. The number of anilines is 1. The van der Waals surface area contributed by atoms with E-state index in [-0.39, 0.29) is 23.6 Å². The van der Waals surface area contributed by atoms with Crippen molar-refractivity contribution in [2.75, 3.05) is 11.5 Å². The van der Waals surface area contributed by atoms with Gasteiger partial charge >= 0.3 is 5.97 Å². The molecule has 2 bridgehead atoms. The molecule has 2 heterocycles. The number of ether oxygens (including phenoxy) is 2. The van der Waals surface area contributed by atoms with Crippen LogP contribution >= 0.6 is 12.2 Å². The maximum absolute atomic E-state index is 12.0. The van der Waals surface area contributed by atoms with Crippen molar-refractivity contribution in [2.24, 2.45) is 5.92 Å². The number of esters is 1. The van der Waals surface area contributed by atoms with Gasteiger partial charge in [-0.2, -0.15) is 0 Å². The van der Waals surface area contributed by atoms with Crippen LogP contribution in [0.3, 0.4) is 0 Å². The maximum atomic E-state index is 12.0. The number of fused-ring (bicyclic) bond motifs is 4. The molecule has 2 aromatic carbocycles. The summed E-state index contributed by atoms with van der Waals surface area (Å²) in [5.41, 5.74) is 1.13. The summed E-state index contributed by atoms with van der Waals surface area (Å²) >= 11 is 5.64. The van der Waals surface area contributed by atoms with Crippen LogP contribution in [0.1, 0.15) is 42.7 Å². The number of nitro benzene ring substituents is 1. The Kier molecular flexibility index (Phi) is 4.85. The number of benzene rings is 2. The number of rotatable bonds is 4. The van der Waals surface area contributed by atoms with E-state index in [1.54, 1.807) is 37.3 Å². The van der Waals surface area contributed by atoms with Gasteiger partial charge in [0.05, 0.1) is 23.1 Å². The summed E-state index contributed by atoms with van der Waals surface area (Å²) in [6.07, 6.45) is 0. The van der Waals surface area contributed by atoms with Crippen LogP contribution in [0.4, 0.5) is 11.4 Å². The molecule has 0 saturated carbocycles. The van der Waals surface area contributed by atoms with Gasteiger partial charge in [-0.3, -0.25) is 15.0 Å². The molecule has 3 atom stereocenters. The SMILES string of the molecule is CCOC(=O)c1ccc(N2C(=S)N[C@H]3c4cc([N+](=O)[O-])ccc4O[C@@]2(C)[C@@H]3C)cc1. The van der Waals surface area contributed by atoms with Crippen LogP contribution in [0.2, 0.25) is 0 Å². The van der Waals surface area contributed by atoms with Crippen LogP contribution in [0, 0.1) is 16.0 Å². The molecule has 0 spiro atoms. The molecule has 0 radical (unpaired) electrons. The Bertz CT molecular complexity index is 1040. The zero-order chi connectivity index (χ0) is 21.6. The molecule has 1 N–H and O–H groups in total. The molecule has 2 aromatic rings. The first kappa shape index (κ1) is 20.1. The predicted molar refractivity (Wildman–Crippen MR) is 115 cm³/mol.